The molecule has 5 nitrogen and oxygen atoms in total. The molecule has 0 aliphatic heterocycles. The fourth-order valence-electron chi connectivity index (χ4n) is 2.46. The zero-order valence-corrected chi connectivity index (χ0v) is 14.0. The molecular weight excluding hydrogens is 345 g/mol. The first kappa shape index (κ1) is 17.7. The molecule has 0 fully saturated rings. The van der Waals surface area contributed by atoms with Gasteiger partial charge in [-0.15, -0.1) is 0 Å². The number of pyridine rings is 1. The van der Waals surface area contributed by atoms with Crippen LogP contribution in [0.4, 0.5) is 19.0 Å². The predicted molar refractivity (Wildman–Crippen MR) is 90.2 cm³/mol. The summed E-state index contributed by atoms with van der Waals surface area (Å²) in [5, 5.41) is 6.70. The van der Waals surface area contributed by atoms with E-state index in [1.807, 2.05) is 0 Å². The molecule has 26 heavy (non-hydrogen) atoms. The predicted octanol–water partition coefficient (Wildman–Crippen LogP) is 4.16. The Morgan fingerprint density at radius 2 is 1.81 bits per heavy atom. The molecule has 3 rings (SSSR count). The van der Waals surface area contributed by atoms with Crippen LogP contribution in [0.3, 0.4) is 0 Å². The summed E-state index contributed by atoms with van der Waals surface area (Å²) in [4.78, 5) is 16.4. The molecule has 0 saturated heterocycles. The highest BCUT2D eigenvalue weighted by atomic mass is 19.4. The van der Waals surface area contributed by atoms with Crippen molar-refractivity contribution in [3.8, 4) is 5.69 Å². The smallest absolute Gasteiger partial charge is 0.306 e. The Labute approximate surface area is 147 Å². The number of amides is 1. The summed E-state index contributed by atoms with van der Waals surface area (Å²) in [6, 6.07) is 9.84. The second kappa shape index (κ2) is 6.62. The number of para-hydroxylation sites is 1. The van der Waals surface area contributed by atoms with Crippen molar-refractivity contribution >= 4 is 11.7 Å². The number of halogens is 3. The minimum Gasteiger partial charge on any atom is -0.306 e. The summed E-state index contributed by atoms with van der Waals surface area (Å²) >= 11 is 0. The highest BCUT2D eigenvalue weighted by Crippen LogP contribution is 2.34. The van der Waals surface area contributed by atoms with Crippen LogP contribution in [0, 0.1) is 13.8 Å². The summed E-state index contributed by atoms with van der Waals surface area (Å²) in [6.45, 7) is 3.42. The second-order valence-corrected chi connectivity index (χ2v) is 5.74. The molecule has 0 atom stereocenters. The third-order valence-corrected chi connectivity index (χ3v) is 3.68. The molecule has 0 radical (unpaired) electrons. The third-order valence-electron chi connectivity index (χ3n) is 3.68. The van der Waals surface area contributed by atoms with Gasteiger partial charge in [-0.3, -0.25) is 9.78 Å². The number of carbonyl (C=O) groups is 1. The molecule has 8 heteroatoms. The molecule has 0 unspecified atom stereocenters. The Balaban J connectivity index is 2.00. The first-order valence-corrected chi connectivity index (χ1v) is 7.73. The minimum absolute atomic E-state index is 0.143. The first-order chi connectivity index (χ1) is 12.3. The molecule has 1 amide bonds. The van der Waals surface area contributed by atoms with Crippen molar-refractivity contribution in [1.29, 1.82) is 0 Å². The molecule has 0 aliphatic rings. The van der Waals surface area contributed by atoms with Crippen LogP contribution < -0.4 is 5.32 Å². The van der Waals surface area contributed by atoms with Gasteiger partial charge in [0.2, 0.25) is 0 Å². The summed E-state index contributed by atoms with van der Waals surface area (Å²) in [5.41, 5.74) is 0.520. The molecule has 0 saturated carbocycles. The number of rotatable bonds is 3. The van der Waals surface area contributed by atoms with E-state index >= 15 is 0 Å². The maximum atomic E-state index is 13.3. The van der Waals surface area contributed by atoms with Crippen LogP contribution >= 0.6 is 0 Å². The van der Waals surface area contributed by atoms with Crippen molar-refractivity contribution in [3.05, 3.63) is 71.2 Å². The van der Waals surface area contributed by atoms with Gasteiger partial charge in [0.05, 0.1) is 22.5 Å². The topological polar surface area (TPSA) is 59.8 Å². The van der Waals surface area contributed by atoms with Crippen LogP contribution in [0.1, 0.15) is 27.3 Å². The first-order valence-electron chi connectivity index (χ1n) is 7.73. The maximum Gasteiger partial charge on any atom is 0.418 e. The van der Waals surface area contributed by atoms with E-state index in [0.717, 1.165) is 16.4 Å². The standard InChI is InChI=1S/C18H15F3N4O/c1-11-7-8-13(10-22-11)17(26)23-16-9-12(2)24-25(16)15-6-4-3-5-14(15)18(19,20)21/h3-10H,1-2H3,(H,23,26). The fraction of sp³-hybridized carbons (Fsp3) is 0.167. The normalized spacial score (nSPS) is 11.4. The number of aryl methyl sites for hydroxylation is 2. The molecule has 3 aromatic rings. The van der Waals surface area contributed by atoms with E-state index in [0.29, 0.717) is 11.3 Å². The van der Waals surface area contributed by atoms with E-state index in [-0.39, 0.29) is 11.5 Å². The second-order valence-electron chi connectivity index (χ2n) is 5.74. The average Bonchev–Trinajstić information content (AvgIpc) is 2.95. The van der Waals surface area contributed by atoms with Gasteiger partial charge in [-0.2, -0.15) is 18.3 Å². The highest BCUT2D eigenvalue weighted by Gasteiger charge is 2.34. The summed E-state index contributed by atoms with van der Waals surface area (Å²) < 4.78 is 41.0. The SMILES string of the molecule is Cc1ccc(C(=O)Nc2cc(C)nn2-c2ccccc2C(F)(F)F)cn1. The molecule has 1 N–H and O–H groups in total. The van der Waals surface area contributed by atoms with Crippen LogP contribution in [-0.2, 0) is 6.18 Å². The number of anilines is 1. The van der Waals surface area contributed by atoms with Gasteiger partial charge in [-0.05, 0) is 38.1 Å². The lowest BCUT2D eigenvalue weighted by molar-refractivity contribution is -0.137. The number of nitrogens with zero attached hydrogens (tertiary/aromatic N) is 3. The van der Waals surface area contributed by atoms with Gasteiger partial charge in [0, 0.05) is 18.0 Å². The zero-order chi connectivity index (χ0) is 18.9. The largest absolute Gasteiger partial charge is 0.418 e. The van der Waals surface area contributed by atoms with Gasteiger partial charge in [0.25, 0.3) is 5.91 Å². The summed E-state index contributed by atoms with van der Waals surface area (Å²) in [5.74, 6) is -0.340. The monoisotopic (exact) mass is 360 g/mol. The molecule has 0 aliphatic carbocycles. The lowest BCUT2D eigenvalue weighted by Crippen LogP contribution is -2.17. The Morgan fingerprint density at radius 3 is 2.46 bits per heavy atom. The van der Waals surface area contributed by atoms with Gasteiger partial charge in [-0.1, -0.05) is 12.1 Å². The quantitative estimate of drug-likeness (QED) is 0.763. The number of carbonyl (C=O) groups excluding carboxylic acids is 1. The number of aromatic nitrogens is 3. The molecule has 0 bridgehead atoms. The molecule has 134 valence electrons. The number of alkyl halides is 3. The highest BCUT2D eigenvalue weighted by molar-refractivity contribution is 6.03. The molecule has 2 heterocycles. The van der Waals surface area contributed by atoms with Crippen LogP contribution in [0.5, 0.6) is 0 Å². The molecule has 2 aromatic heterocycles. The minimum atomic E-state index is -4.54. The number of benzene rings is 1. The van der Waals surface area contributed by atoms with Crippen molar-refractivity contribution in [2.75, 3.05) is 5.32 Å². The van der Waals surface area contributed by atoms with E-state index in [4.69, 9.17) is 0 Å². The Kier molecular flexibility index (Phi) is 4.50. The van der Waals surface area contributed by atoms with E-state index in [1.165, 1.54) is 30.5 Å². The van der Waals surface area contributed by atoms with Crippen molar-refractivity contribution in [2.45, 2.75) is 20.0 Å². The van der Waals surface area contributed by atoms with E-state index in [1.54, 1.807) is 26.0 Å². The average molecular weight is 360 g/mol. The fourth-order valence-corrected chi connectivity index (χ4v) is 2.46. The van der Waals surface area contributed by atoms with Crippen molar-refractivity contribution in [3.63, 3.8) is 0 Å². The molecule has 0 spiro atoms. The van der Waals surface area contributed by atoms with Crippen LogP contribution in [0.15, 0.2) is 48.7 Å². The van der Waals surface area contributed by atoms with Crippen molar-refractivity contribution in [1.82, 2.24) is 14.8 Å². The van der Waals surface area contributed by atoms with Crippen molar-refractivity contribution < 1.29 is 18.0 Å². The number of nitrogens with one attached hydrogen (secondary N) is 1. The third kappa shape index (κ3) is 3.58. The molecule has 1 aromatic carbocycles. The Bertz CT molecular complexity index is 946. The van der Waals surface area contributed by atoms with Gasteiger partial charge >= 0.3 is 6.18 Å². The maximum absolute atomic E-state index is 13.3. The van der Waals surface area contributed by atoms with E-state index in [2.05, 4.69) is 15.4 Å². The van der Waals surface area contributed by atoms with Gasteiger partial charge in [0.1, 0.15) is 5.82 Å². The number of hydrogen-bond acceptors (Lipinski definition) is 3. The summed E-state index contributed by atoms with van der Waals surface area (Å²) in [6.07, 6.45) is -3.14. The van der Waals surface area contributed by atoms with E-state index in [9.17, 15) is 18.0 Å². The lowest BCUT2D eigenvalue weighted by Gasteiger charge is -2.15. The van der Waals surface area contributed by atoms with Gasteiger partial charge in [0.15, 0.2) is 0 Å². The Hall–Kier alpha value is -3.16. The Morgan fingerprint density at radius 1 is 1.08 bits per heavy atom. The van der Waals surface area contributed by atoms with E-state index < -0.39 is 17.6 Å². The van der Waals surface area contributed by atoms with Crippen LogP contribution in [-0.4, -0.2) is 20.7 Å². The van der Waals surface area contributed by atoms with Crippen LogP contribution in [0.2, 0.25) is 0 Å². The molecular formula is C18H15F3N4O. The zero-order valence-electron chi connectivity index (χ0n) is 14.0. The number of hydrogen-bond donors (Lipinski definition) is 1. The van der Waals surface area contributed by atoms with Crippen molar-refractivity contribution in [2.24, 2.45) is 0 Å². The van der Waals surface area contributed by atoms with Gasteiger partial charge < -0.3 is 5.32 Å². The van der Waals surface area contributed by atoms with Crippen LogP contribution in [0.25, 0.3) is 5.69 Å². The summed E-state index contributed by atoms with van der Waals surface area (Å²) in [7, 11) is 0. The lowest BCUT2D eigenvalue weighted by atomic mass is 10.1. The van der Waals surface area contributed by atoms with Gasteiger partial charge in [-0.25, -0.2) is 4.68 Å².